The summed E-state index contributed by atoms with van der Waals surface area (Å²) < 4.78 is 0. The summed E-state index contributed by atoms with van der Waals surface area (Å²) in [4.78, 5) is 34.4. The molecule has 0 aromatic rings. The topological polar surface area (TPSA) is 66.5 Å². The highest BCUT2D eigenvalue weighted by molar-refractivity contribution is 9.10. The third-order valence-electron chi connectivity index (χ3n) is 1.89. The molecule has 1 unspecified atom stereocenters. The van der Waals surface area contributed by atoms with Gasteiger partial charge in [-0.25, -0.2) is 0 Å². The molecule has 1 N–H and O–H groups in total. The molecule has 5 nitrogen and oxygen atoms in total. The molecule has 6 heteroatoms. The number of alkyl halides is 1. The van der Waals surface area contributed by atoms with E-state index in [-0.39, 0.29) is 23.8 Å². The quantitative estimate of drug-likeness (QED) is 0.546. The summed E-state index contributed by atoms with van der Waals surface area (Å²) in [5, 5.41) is 2.13. The molecule has 0 aliphatic carbocycles. The third kappa shape index (κ3) is 2.54. The minimum absolute atomic E-state index is 0.0350. The zero-order valence-electron chi connectivity index (χ0n) is 7.75. The first-order valence-electron chi connectivity index (χ1n) is 4.30. The first kappa shape index (κ1) is 11.2. The number of nitrogens with one attached hydrogen (secondary N) is 1. The average Bonchev–Trinajstić information content (AvgIpc) is 2.14. The molecule has 3 amide bonds. The van der Waals surface area contributed by atoms with Crippen LogP contribution in [0.15, 0.2) is 0 Å². The lowest BCUT2D eigenvalue weighted by Crippen LogP contribution is -2.54. The van der Waals surface area contributed by atoms with Crippen molar-refractivity contribution in [2.75, 3.05) is 13.1 Å². The number of rotatable bonds is 2. The van der Waals surface area contributed by atoms with Gasteiger partial charge in [-0.3, -0.25) is 19.7 Å². The summed E-state index contributed by atoms with van der Waals surface area (Å²) >= 11 is 3.18. The van der Waals surface area contributed by atoms with Crippen LogP contribution < -0.4 is 5.32 Å². The lowest BCUT2D eigenvalue weighted by molar-refractivity contribution is -0.145. The molecule has 1 aliphatic heterocycles. The molecule has 0 radical (unpaired) electrons. The first-order chi connectivity index (χ1) is 6.54. The van der Waals surface area contributed by atoms with Crippen molar-refractivity contribution >= 4 is 33.7 Å². The maximum Gasteiger partial charge on any atom is 0.246 e. The Morgan fingerprint density at radius 3 is 2.43 bits per heavy atom. The molecule has 1 rings (SSSR count). The van der Waals surface area contributed by atoms with Crippen molar-refractivity contribution in [1.82, 2.24) is 10.2 Å². The van der Waals surface area contributed by atoms with E-state index in [1.807, 2.05) is 6.92 Å². The molecule has 1 fully saturated rings. The van der Waals surface area contributed by atoms with Gasteiger partial charge in [0.1, 0.15) is 13.1 Å². The van der Waals surface area contributed by atoms with Gasteiger partial charge in [0.2, 0.25) is 17.7 Å². The Morgan fingerprint density at radius 1 is 1.50 bits per heavy atom. The fourth-order valence-corrected chi connectivity index (χ4v) is 1.46. The van der Waals surface area contributed by atoms with Gasteiger partial charge in [0.15, 0.2) is 0 Å². The van der Waals surface area contributed by atoms with Crippen molar-refractivity contribution in [2.45, 2.75) is 18.2 Å². The summed E-state index contributed by atoms with van der Waals surface area (Å²) in [6.07, 6.45) is 0.630. The summed E-state index contributed by atoms with van der Waals surface area (Å²) in [7, 11) is 0. The number of carbonyl (C=O) groups excluding carboxylic acids is 3. The van der Waals surface area contributed by atoms with Gasteiger partial charge in [0, 0.05) is 0 Å². The van der Waals surface area contributed by atoms with Crippen LogP contribution in [0.4, 0.5) is 0 Å². The third-order valence-corrected chi connectivity index (χ3v) is 2.92. The summed E-state index contributed by atoms with van der Waals surface area (Å²) in [5.41, 5.74) is 0. The van der Waals surface area contributed by atoms with E-state index >= 15 is 0 Å². The second-order valence-electron chi connectivity index (χ2n) is 3.04. The Bertz CT molecular complexity index is 264. The Labute approximate surface area is 89.9 Å². The standard InChI is InChI=1S/C8H11BrN2O3/c1-2-5(9)8(14)11-3-6(12)10-7(13)4-11/h5H,2-4H2,1H3,(H,10,12,13). The number of amides is 3. The minimum Gasteiger partial charge on any atom is -0.323 e. The predicted octanol–water partition coefficient (Wildman–Crippen LogP) is -0.355. The Morgan fingerprint density at radius 2 is 2.00 bits per heavy atom. The van der Waals surface area contributed by atoms with Crippen LogP contribution in [0, 0.1) is 0 Å². The van der Waals surface area contributed by atoms with Crippen molar-refractivity contribution in [3.63, 3.8) is 0 Å². The number of hydrogen-bond acceptors (Lipinski definition) is 3. The monoisotopic (exact) mass is 262 g/mol. The molecule has 0 aromatic heterocycles. The van der Waals surface area contributed by atoms with Crippen LogP contribution in [0.5, 0.6) is 0 Å². The predicted molar refractivity (Wildman–Crippen MR) is 52.7 cm³/mol. The molecular formula is C8H11BrN2O3. The van der Waals surface area contributed by atoms with Gasteiger partial charge in [0.05, 0.1) is 4.83 Å². The van der Waals surface area contributed by atoms with Crippen LogP contribution in [0.1, 0.15) is 13.3 Å². The molecular weight excluding hydrogens is 252 g/mol. The molecule has 1 saturated heterocycles. The zero-order chi connectivity index (χ0) is 10.7. The highest BCUT2D eigenvalue weighted by Gasteiger charge is 2.28. The molecule has 78 valence electrons. The molecule has 0 bridgehead atoms. The van der Waals surface area contributed by atoms with Crippen LogP contribution in [0.3, 0.4) is 0 Å². The van der Waals surface area contributed by atoms with Gasteiger partial charge in [-0.05, 0) is 6.42 Å². The first-order valence-corrected chi connectivity index (χ1v) is 5.21. The molecule has 0 spiro atoms. The second-order valence-corrected chi connectivity index (χ2v) is 4.15. The van der Waals surface area contributed by atoms with E-state index in [9.17, 15) is 14.4 Å². The molecule has 0 saturated carbocycles. The Hall–Kier alpha value is -0.910. The van der Waals surface area contributed by atoms with Gasteiger partial charge < -0.3 is 4.90 Å². The maximum absolute atomic E-state index is 11.6. The fraction of sp³-hybridized carbons (Fsp3) is 0.625. The minimum atomic E-state index is -0.426. The van der Waals surface area contributed by atoms with Gasteiger partial charge in [-0.1, -0.05) is 22.9 Å². The van der Waals surface area contributed by atoms with Crippen LogP contribution in [0.25, 0.3) is 0 Å². The van der Waals surface area contributed by atoms with E-state index in [2.05, 4.69) is 21.2 Å². The van der Waals surface area contributed by atoms with Crippen molar-refractivity contribution in [1.29, 1.82) is 0 Å². The average molecular weight is 263 g/mol. The van der Waals surface area contributed by atoms with E-state index in [1.165, 1.54) is 4.90 Å². The Kier molecular flexibility index (Phi) is 3.62. The number of piperazine rings is 1. The number of nitrogens with zero attached hydrogens (tertiary/aromatic N) is 1. The van der Waals surface area contributed by atoms with Gasteiger partial charge in [0.25, 0.3) is 0 Å². The summed E-state index contributed by atoms with van der Waals surface area (Å²) in [6, 6.07) is 0. The van der Waals surface area contributed by atoms with Crippen molar-refractivity contribution < 1.29 is 14.4 Å². The maximum atomic E-state index is 11.6. The molecule has 1 atom stereocenters. The van der Waals surface area contributed by atoms with E-state index in [1.54, 1.807) is 0 Å². The van der Waals surface area contributed by atoms with Crippen molar-refractivity contribution in [3.05, 3.63) is 0 Å². The van der Waals surface area contributed by atoms with Gasteiger partial charge in [-0.15, -0.1) is 0 Å². The van der Waals surface area contributed by atoms with E-state index in [0.717, 1.165) is 0 Å². The second kappa shape index (κ2) is 4.54. The lowest BCUT2D eigenvalue weighted by Gasteiger charge is -2.26. The van der Waals surface area contributed by atoms with E-state index in [4.69, 9.17) is 0 Å². The summed E-state index contributed by atoms with van der Waals surface area (Å²) in [6.45, 7) is 1.78. The normalized spacial score (nSPS) is 19.1. The highest BCUT2D eigenvalue weighted by Crippen LogP contribution is 2.09. The molecule has 1 heterocycles. The highest BCUT2D eigenvalue weighted by atomic mass is 79.9. The number of hydrogen-bond donors (Lipinski definition) is 1. The SMILES string of the molecule is CCC(Br)C(=O)N1CC(=O)NC(=O)C1. The van der Waals surface area contributed by atoms with Crippen molar-refractivity contribution in [3.8, 4) is 0 Å². The van der Waals surface area contributed by atoms with E-state index < -0.39 is 11.8 Å². The van der Waals surface area contributed by atoms with Crippen LogP contribution >= 0.6 is 15.9 Å². The molecule has 1 aliphatic rings. The lowest BCUT2D eigenvalue weighted by atomic mass is 10.2. The smallest absolute Gasteiger partial charge is 0.246 e. The van der Waals surface area contributed by atoms with Gasteiger partial charge in [-0.2, -0.15) is 0 Å². The van der Waals surface area contributed by atoms with Gasteiger partial charge >= 0.3 is 0 Å². The fourth-order valence-electron chi connectivity index (χ4n) is 1.17. The molecule has 14 heavy (non-hydrogen) atoms. The van der Waals surface area contributed by atoms with Crippen LogP contribution in [0.2, 0.25) is 0 Å². The van der Waals surface area contributed by atoms with Crippen LogP contribution in [-0.2, 0) is 14.4 Å². The van der Waals surface area contributed by atoms with Crippen molar-refractivity contribution in [2.24, 2.45) is 0 Å². The summed E-state index contributed by atoms with van der Waals surface area (Å²) in [5.74, 6) is -1.06. The number of halogens is 1. The number of imide groups is 1. The zero-order valence-corrected chi connectivity index (χ0v) is 9.33. The number of carbonyl (C=O) groups is 3. The van der Waals surface area contributed by atoms with E-state index in [0.29, 0.717) is 6.42 Å². The molecule has 0 aromatic carbocycles. The largest absolute Gasteiger partial charge is 0.323 e. The Balaban J connectivity index is 2.63. The van der Waals surface area contributed by atoms with Crippen LogP contribution in [-0.4, -0.2) is 40.5 Å².